The Labute approximate surface area is 131 Å². The smallest absolute Gasteiger partial charge is 0.114 e. The lowest BCUT2D eigenvalue weighted by Crippen LogP contribution is -2.04. The summed E-state index contributed by atoms with van der Waals surface area (Å²) >= 11 is 0. The molecule has 2 aromatic carbocycles. The summed E-state index contributed by atoms with van der Waals surface area (Å²) in [6.07, 6.45) is 1.83. The number of fused-ring (bicyclic) bond motifs is 1. The van der Waals surface area contributed by atoms with Gasteiger partial charge in [-0.15, -0.1) is 0 Å². The molecule has 0 spiro atoms. The molecule has 3 rings (SSSR count). The molecule has 2 N–H and O–H groups in total. The van der Waals surface area contributed by atoms with Crippen LogP contribution in [-0.4, -0.2) is 16.1 Å². The molecule has 0 saturated carbocycles. The largest absolute Gasteiger partial charge is 0.330 e. The minimum Gasteiger partial charge on any atom is -0.330 e. The quantitative estimate of drug-likeness (QED) is 0.797. The number of imidazole rings is 1. The Bertz CT molecular complexity index is 798. The molecule has 3 nitrogen and oxygen atoms in total. The average Bonchev–Trinajstić information content (AvgIpc) is 2.86. The molecule has 0 fully saturated rings. The zero-order valence-electron chi connectivity index (χ0n) is 13.6. The molecule has 0 radical (unpaired) electrons. The molecule has 0 unspecified atom stereocenters. The summed E-state index contributed by atoms with van der Waals surface area (Å²) in [6, 6.07) is 13.1. The highest BCUT2D eigenvalue weighted by Crippen LogP contribution is 2.25. The fraction of sp³-hybridized carbons (Fsp3) is 0.316. The van der Waals surface area contributed by atoms with Crippen molar-refractivity contribution < 1.29 is 0 Å². The first kappa shape index (κ1) is 14.8. The average molecular weight is 293 g/mol. The van der Waals surface area contributed by atoms with Crippen molar-refractivity contribution in [2.45, 2.75) is 33.6 Å². The SMILES string of the molecule is CCc1nc2cc(C)c(C)cc2n1-c1ccc(CCN)cc1. The topological polar surface area (TPSA) is 43.8 Å². The second kappa shape index (κ2) is 5.93. The summed E-state index contributed by atoms with van der Waals surface area (Å²) < 4.78 is 2.27. The number of aryl methyl sites for hydroxylation is 3. The van der Waals surface area contributed by atoms with Crippen LogP contribution in [0, 0.1) is 13.8 Å². The van der Waals surface area contributed by atoms with Crippen molar-refractivity contribution in [2.24, 2.45) is 5.73 Å². The molecular weight excluding hydrogens is 270 g/mol. The number of rotatable bonds is 4. The standard InChI is InChI=1S/C19H23N3/c1-4-19-21-17-11-13(2)14(3)12-18(17)22(19)16-7-5-15(6-8-16)9-10-20/h5-8,11-12H,4,9-10,20H2,1-3H3. The van der Waals surface area contributed by atoms with E-state index < -0.39 is 0 Å². The first-order chi connectivity index (χ1) is 10.6. The van der Waals surface area contributed by atoms with Crippen LogP contribution in [0.15, 0.2) is 36.4 Å². The molecular formula is C19H23N3. The molecule has 1 aromatic heterocycles. The fourth-order valence-electron chi connectivity index (χ4n) is 2.89. The first-order valence-corrected chi connectivity index (χ1v) is 7.92. The van der Waals surface area contributed by atoms with Gasteiger partial charge in [0.25, 0.3) is 0 Å². The van der Waals surface area contributed by atoms with Crippen molar-refractivity contribution in [3.05, 3.63) is 58.9 Å². The number of aromatic nitrogens is 2. The second-order valence-corrected chi connectivity index (χ2v) is 5.85. The van der Waals surface area contributed by atoms with Crippen LogP contribution in [0.25, 0.3) is 16.7 Å². The maximum absolute atomic E-state index is 5.63. The minimum atomic E-state index is 0.687. The van der Waals surface area contributed by atoms with E-state index in [1.165, 1.54) is 27.9 Å². The van der Waals surface area contributed by atoms with E-state index in [-0.39, 0.29) is 0 Å². The number of hydrogen-bond donors (Lipinski definition) is 1. The van der Waals surface area contributed by atoms with Crippen molar-refractivity contribution in [3.8, 4) is 5.69 Å². The molecule has 114 valence electrons. The van der Waals surface area contributed by atoms with Gasteiger partial charge in [0.05, 0.1) is 11.0 Å². The predicted octanol–water partition coefficient (Wildman–Crippen LogP) is 3.71. The predicted molar refractivity (Wildman–Crippen MR) is 92.7 cm³/mol. The Morgan fingerprint density at radius 2 is 1.73 bits per heavy atom. The summed E-state index contributed by atoms with van der Waals surface area (Å²) in [5, 5.41) is 0. The molecule has 0 aliphatic heterocycles. The van der Waals surface area contributed by atoms with Crippen LogP contribution in [0.1, 0.15) is 29.4 Å². The zero-order chi connectivity index (χ0) is 15.7. The number of hydrogen-bond acceptors (Lipinski definition) is 2. The van der Waals surface area contributed by atoms with Crippen LogP contribution in [0.4, 0.5) is 0 Å². The Morgan fingerprint density at radius 3 is 2.36 bits per heavy atom. The summed E-state index contributed by atoms with van der Waals surface area (Å²) in [4.78, 5) is 4.81. The summed E-state index contributed by atoms with van der Waals surface area (Å²) in [6.45, 7) is 7.13. The van der Waals surface area contributed by atoms with E-state index in [2.05, 4.69) is 61.7 Å². The third-order valence-electron chi connectivity index (χ3n) is 4.28. The number of nitrogens with zero attached hydrogens (tertiary/aromatic N) is 2. The van der Waals surface area contributed by atoms with Gasteiger partial charge in [-0.25, -0.2) is 4.98 Å². The van der Waals surface area contributed by atoms with E-state index in [4.69, 9.17) is 10.7 Å². The van der Waals surface area contributed by atoms with Gasteiger partial charge in [0.2, 0.25) is 0 Å². The fourth-order valence-corrected chi connectivity index (χ4v) is 2.89. The normalized spacial score (nSPS) is 11.3. The molecule has 0 aliphatic rings. The van der Waals surface area contributed by atoms with Crippen molar-refractivity contribution in [2.75, 3.05) is 6.54 Å². The third kappa shape index (κ3) is 2.53. The summed E-state index contributed by atoms with van der Waals surface area (Å²) in [5.41, 5.74) is 12.9. The van der Waals surface area contributed by atoms with E-state index >= 15 is 0 Å². The van der Waals surface area contributed by atoms with Crippen LogP contribution in [0.2, 0.25) is 0 Å². The van der Waals surface area contributed by atoms with Gasteiger partial charge in [0.15, 0.2) is 0 Å². The molecule has 0 atom stereocenters. The number of nitrogens with two attached hydrogens (primary N) is 1. The summed E-state index contributed by atoms with van der Waals surface area (Å²) in [5.74, 6) is 1.10. The molecule has 0 saturated heterocycles. The Balaban J connectivity index is 2.17. The molecule has 3 heteroatoms. The van der Waals surface area contributed by atoms with Gasteiger partial charge in [0.1, 0.15) is 5.82 Å². The van der Waals surface area contributed by atoms with Crippen LogP contribution in [0.5, 0.6) is 0 Å². The number of benzene rings is 2. The Morgan fingerprint density at radius 1 is 1.05 bits per heavy atom. The third-order valence-corrected chi connectivity index (χ3v) is 4.28. The van der Waals surface area contributed by atoms with E-state index in [0.717, 1.165) is 24.2 Å². The highest BCUT2D eigenvalue weighted by Gasteiger charge is 2.12. The molecule has 0 aliphatic carbocycles. The van der Waals surface area contributed by atoms with E-state index in [9.17, 15) is 0 Å². The molecule has 0 amide bonds. The van der Waals surface area contributed by atoms with Gasteiger partial charge in [-0.3, -0.25) is 4.57 Å². The van der Waals surface area contributed by atoms with Gasteiger partial charge in [0, 0.05) is 12.1 Å². The molecule has 0 bridgehead atoms. The van der Waals surface area contributed by atoms with Gasteiger partial charge < -0.3 is 5.73 Å². The maximum Gasteiger partial charge on any atom is 0.114 e. The van der Waals surface area contributed by atoms with Crippen LogP contribution in [0.3, 0.4) is 0 Å². The van der Waals surface area contributed by atoms with Gasteiger partial charge in [-0.05, 0) is 67.8 Å². The second-order valence-electron chi connectivity index (χ2n) is 5.85. The minimum absolute atomic E-state index is 0.687. The Hall–Kier alpha value is -2.13. The highest BCUT2D eigenvalue weighted by atomic mass is 15.1. The van der Waals surface area contributed by atoms with E-state index in [0.29, 0.717) is 6.54 Å². The van der Waals surface area contributed by atoms with Crippen LogP contribution < -0.4 is 5.73 Å². The van der Waals surface area contributed by atoms with Crippen molar-refractivity contribution in [1.82, 2.24) is 9.55 Å². The maximum atomic E-state index is 5.63. The lowest BCUT2D eigenvalue weighted by Gasteiger charge is -2.10. The lowest BCUT2D eigenvalue weighted by atomic mass is 10.1. The van der Waals surface area contributed by atoms with Gasteiger partial charge >= 0.3 is 0 Å². The Kier molecular flexibility index (Phi) is 3.99. The highest BCUT2D eigenvalue weighted by molar-refractivity contribution is 5.80. The van der Waals surface area contributed by atoms with E-state index in [1.54, 1.807) is 0 Å². The van der Waals surface area contributed by atoms with Gasteiger partial charge in [-0.1, -0.05) is 19.1 Å². The van der Waals surface area contributed by atoms with Crippen molar-refractivity contribution >= 4 is 11.0 Å². The first-order valence-electron chi connectivity index (χ1n) is 7.92. The molecule has 1 heterocycles. The monoisotopic (exact) mass is 293 g/mol. The zero-order valence-corrected chi connectivity index (χ0v) is 13.6. The van der Waals surface area contributed by atoms with Gasteiger partial charge in [-0.2, -0.15) is 0 Å². The van der Waals surface area contributed by atoms with E-state index in [1.807, 2.05) is 0 Å². The van der Waals surface area contributed by atoms with Crippen LogP contribution in [-0.2, 0) is 12.8 Å². The summed E-state index contributed by atoms with van der Waals surface area (Å²) in [7, 11) is 0. The van der Waals surface area contributed by atoms with Crippen molar-refractivity contribution in [3.63, 3.8) is 0 Å². The lowest BCUT2D eigenvalue weighted by molar-refractivity contribution is 0.905. The molecule has 3 aromatic rings. The van der Waals surface area contributed by atoms with Crippen LogP contribution >= 0.6 is 0 Å². The van der Waals surface area contributed by atoms with Crippen molar-refractivity contribution in [1.29, 1.82) is 0 Å². The molecule has 22 heavy (non-hydrogen) atoms.